The molecule has 0 aliphatic carbocycles. The quantitative estimate of drug-likeness (QED) is 0.391. The van der Waals surface area contributed by atoms with Crippen molar-refractivity contribution in [1.29, 1.82) is 0 Å². The summed E-state index contributed by atoms with van der Waals surface area (Å²) in [6, 6.07) is 8.34. The van der Waals surface area contributed by atoms with Gasteiger partial charge in [0.1, 0.15) is 5.75 Å². The van der Waals surface area contributed by atoms with E-state index in [0.717, 1.165) is 16.6 Å². The first-order valence-electron chi connectivity index (χ1n) is 7.33. The van der Waals surface area contributed by atoms with Crippen molar-refractivity contribution in [1.82, 2.24) is 15.4 Å². The molecule has 1 N–H and O–H groups in total. The van der Waals surface area contributed by atoms with E-state index >= 15 is 0 Å². The van der Waals surface area contributed by atoms with Crippen molar-refractivity contribution in [2.45, 2.75) is 0 Å². The van der Waals surface area contributed by atoms with Crippen LogP contribution in [0.5, 0.6) is 5.75 Å². The zero-order chi connectivity index (χ0) is 18.5. The molecular formula is C17H11Cl3N4O2. The first-order chi connectivity index (χ1) is 12.5. The van der Waals surface area contributed by atoms with Gasteiger partial charge in [0.2, 0.25) is 0 Å². The number of amides is 1. The van der Waals surface area contributed by atoms with Crippen LogP contribution >= 0.6 is 34.8 Å². The standard InChI is InChI=1S/C17H11Cl3N4O2/c18-11-6-13(20)16(7-12(11)19)26-9-17(25)24-23-8-10-1-2-14-15(5-10)22-4-3-21-14/h1-8H,9H2,(H,24,25)/b23-8-. The van der Waals surface area contributed by atoms with Crippen LogP contribution in [0, 0.1) is 0 Å². The molecule has 1 amide bonds. The van der Waals surface area contributed by atoms with Gasteiger partial charge in [0, 0.05) is 18.5 Å². The topological polar surface area (TPSA) is 76.5 Å². The molecule has 0 saturated heterocycles. The molecule has 3 rings (SSSR count). The van der Waals surface area contributed by atoms with Gasteiger partial charge in [-0.3, -0.25) is 14.8 Å². The molecule has 3 aromatic rings. The van der Waals surface area contributed by atoms with Crippen LogP contribution in [0.1, 0.15) is 5.56 Å². The number of hydrogen-bond donors (Lipinski definition) is 1. The average Bonchev–Trinajstić information content (AvgIpc) is 2.63. The zero-order valence-electron chi connectivity index (χ0n) is 13.1. The van der Waals surface area contributed by atoms with Crippen molar-refractivity contribution in [3.8, 4) is 5.75 Å². The molecule has 0 aliphatic heterocycles. The molecule has 0 fully saturated rings. The van der Waals surface area contributed by atoms with Crippen molar-refractivity contribution in [3.63, 3.8) is 0 Å². The van der Waals surface area contributed by atoms with Gasteiger partial charge in [0.15, 0.2) is 6.61 Å². The number of benzene rings is 2. The van der Waals surface area contributed by atoms with E-state index in [1.54, 1.807) is 12.4 Å². The van der Waals surface area contributed by atoms with E-state index in [2.05, 4.69) is 20.5 Å². The van der Waals surface area contributed by atoms with Crippen molar-refractivity contribution in [2.24, 2.45) is 5.10 Å². The van der Waals surface area contributed by atoms with Crippen LogP contribution in [-0.2, 0) is 4.79 Å². The van der Waals surface area contributed by atoms with Crippen molar-refractivity contribution < 1.29 is 9.53 Å². The van der Waals surface area contributed by atoms with Gasteiger partial charge < -0.3 is 4.74 Å². The minimum atomic E-state index is -0.455. The molecule has 1 aromatic heterocycles. The second-order valence-electron chi connectivity index (χ2n) is 5.08. The van der Waals surface area contributed by atoms with Crippen LogP contribution in [0.15, 0.2) is 47.8 Å². The number of hydrazone groups is 1. The van der Waals surface area contributed by atoms with Gasteiger partial charge in [-0.1, -0.05) is 40.9 Å². The minimum absolute atomic E-state index is 0.257. The van der Waals surface area contributed by atoms with E-state index < -0.39 is 5.91 Å². The Morgan fingerprint density at radius 2 is 1.77 bits per heavy atom. The largest absolute Gasteiger partial charge is 0.482 e. The number of carbonyl (C=O) groups excluding carboxylic acids is 1. The summed E-state index contributed by atoms with van der Waals surface area (Å²) < 4.78 is 5.32. The number of rotatable bonds is 5. The van der Waals surface area contributed by atoms with E-state index in [-0.39, 0.29) is 22.4 Å². The monoisotopic (exact) mass is 408 g/mol. The Morgan fingerprint density at radius 1 is 1.04 bits per heavy atom. The number of ether oxygens (including phenoxy) is 1. The smallest absolute Gasteiger partial charge is 0.277 e. The fraction of sp³-hybridized carbons (Fsp3) is 0.0588. The lowest BCUT2D eigenvalue weighted by atomic mass is 10.2. The summed E-state index contributed by atoms with van der Waals surface area (Å²) in [6.07, 6.45) is 4.73. The molecule has 1 heterocycles. The van der Waals surface area contributed by atoms with Crippen molar-refractivity contribution in [2.75, 3.05) is 6.61 Å². The summed E-state index contributed by atoms with van der Waals surface area (Å²) in [6.45, 7) is -0.280. The van der Waals surface area contributed by atoms with Crippen molar-refractivity contribution in [3.05, 3.63) is 63.4 Å². The molecule has 0 radical (unpaired) electrons. The highest BCUT2D eigenvalue weighted by Gasteiger charge is 2.09. The average molecular weight is 410 g/mol. The van der Waals surface area contributed by atoms with Gasteiger partial charge in [-0.05, 0) is 23.8 Å². The lowest BCUT2D eigenvalue weighted by Crippen LogP contribution is -2.24. The Labute approximate surface area is 163 Å². The van der Waals surface area contributed by atoms with E-state index in [1.165, 1.54) is 18.3 Å². The maximum Gasteiger partial charge on any atom is 0.277 e. The molecule has 0 atom stereocenters. The second kappa shape index (κ2) is 8.31. The summed E-state index contributed by atoms with van der Waals surface area (Å²) in [5, 5.41) is 4.72. The Hall–Kier alpha value is -2.41. The van der Waals surface area contributed by atoms with Crippen molar-refractivity contribution >= 4 is 58.0 Å². The number of halogens is 3. The Balaban J connectivity index is 1.56. The van der Waals surface area contributed by atoms with Gasteiger partial charge in [-0.15, -0.1) is 0 Å². The summed E-state index contributed by atoms with van der Waals surface area (Å²) in [5.41, 5.74) is 4.65. The Kier molecular flexibility index (Phi) is 5.88. The summed E-state index contributed by atoms with van der Waals surface area (Å²) in [7, 11) is 0. The molecule has 132 valence electrons. The van der Waals surface area contributed by atoms with Crippen LogP contribution in [0.2, 0.25) is 15.1 Å². The molecule has 0 unspecified atom stereocenters. The third kappa shape index (κ3) is 4.60. The highest BCUT2D eigenvalue weighted by atomic mass is 35.5. The van der Waals surface area contributed by atoms with Gasteiger partial charge in [-0.25, -0.2) is 5.43 Å². The lowest BCUT2D eigenvalue weighted by molar-refractivity contribution is -0.123. The van der Waals surface area contributed by atoms with Gasteiger partial charge in [-0.2, -0.15) is 5.10 Å². The molecule has 6 nitrogen and oxygen atoms in total. The van der Waals surface area contributed by atoms with Crippen LogP contribution in [0.25, 0.3) is 11.0 Å². The molecule has 26 heavy (non-hydrogen) atoms. The zero-order valence-corrected chi connectivity index (χ0v) is 15.4. The third-order valence-corrected chi connectivity index (χ3v) is 4.25. The lowest BCUT2D eigenvalue weighted by Gasteiger charge is -2.08. The van der Waals surface area contributed by atoms with Gasteiger partial charge in [0.05, 0.1) is 32.3 Å². The number of hydrogen-bond acceptors (Lipinski definition) is 5. The molecule has 9 heteroatoms. The van der Waals surface area contributed by atoms with Crippen LogP contribution in [0.3, 0.4) is 0 Å². The van der Waals surface area contributed by atoms with Crippen LogP contribution in [0.4, 0.5) is 0 Å². The predicted molar refractivity (Wildman–Crippen MR) is 102 cm³/mol. The number of aromatic nitrogens is 2. The first kappa shape index (κ1) is 18.4. The maximum atomic E-state index is 11.8. The number of nitrogens with zero attached hydrogens (tertiary/aromatic N) is 3. The highest BCUT2D eigenvalue weighted by Crippen LogP contribution is 2.33. The number of carbonyl (C=O) groups is 1. The maximum absolute atomic E-state index is 11.8. The normalized spacial score (nSPS) is 11.0. The van der Waals surface area contributed by atoms with E-state index in [1.807, 2.05) is 18.2 Å². The van der Waals surface area contributed by atoms with E-state index in [9.17, 15) is 4.79 Å². The molecular weight excluding hydrogens is 399 g/mol. The summed E-state index contributed by atoms with van der Waals surface area (Å²) in [5.74, 6) is -0.197. The number of fused-ring (bicyclic) bond motifs is 1. The van der Waals surface area contributed by atoms with Crippen LogP contribution < -0.4 is 10.2 Å². The molecule has 2 aromatic carbocycles. The fourth-order valence-corrected chi connectivity index (χ4v) is 2.62. The van der Waals surface area contributed by atoms with Crippen LogP contribution in [-0.4, -0.2) is 28.7 Å². The van der Waals surface area contributed by atoms with E-state index in [4.69, 9.17) is 39.5 Å². The predicted octanol–water partition coefficient (Wildman–Crippen LogP) is 4.12. The Morgan fingerprint density at radius 3 is 2.58 bits per heavy atom. The molecule has 0 aliphatic rings. The first-order valence-corrected chi connectivity index (χ1v) is 8.46. The third-order valence-electron chi connectivity index (χ3n) is 3.23. The fourth-order valence-electron chi connectivity index (χ4n) is 2.03. The SMILES string of the molecule is O=C(COc1cc(Cl)c(Cl)cc1Cl)N/N=C\c1ccc2nccnc2c1. The molecule has 0 bridgehead atoms. The number of nitrogens with one attached hydrogen (secondary N) is 1. The minimum Gasteiger partial charge on any atom is -0.482 e. The highest BCUT2D eigenvalue weighted by molar-refractivity contribution is 6.43. The molecule has 0 saturated carbocycles. The molecule has 0 spiro atoms. The van der Waals surface area contributed by atoms with Gasteiger partial charge in [0.25, 0.3) is 5.91 Å². The Bertz CT molecular complexity index is 995. The van der Waals surface area contributed by atoms with Gasteiger partial charge >= 0.3 is 0 Å². The van der Waals surface area contributed by atoms with E-state index in [0.29, 0.717) is 5.02 Å². The summed E-state index contributed by atoms with van der Waals surface area (Å²) in [4.78, 5) is 20.2. The summed E-state index contributed by atoms with van der Waals surface area (Å²) >= 11 is 17.7. The second-order valence-corrected chi connectivity index (χ2v) is 6.30.